The Morgan fingerprint density at radius 1 is 1.29 bits per heavy atom. The number of aliphatic carboxylic acids is 1. The number of carboxylic acid groups (broad SMARTS) is 1. The molecule has 5 heteroatoms. The zero-order chi connectivity index (χ0) is 13.1. The van der Waals surface area contributed by atoms with E-state index in [9.17, 15) is 9.59 Å². The summed E-state index contributed by atoms with van der Waals surface area (Å²) in [5.74, 6) is -1.04. The minimum atomic E-state index is -1.04. The zero-order valence-corrected chi connectivity index (χ0v) is 10.7. The Kier molecular flexibility index (Phi) is 4.37. The molecule has 2 N–H and O–H groups in total. The van der Waals surface area contributed by atoms with Gasteiger partial charge in [0.1, 0.15) is 12.1 Å². The molecule has 0 aliphatic heterocycles. The average molecular weight is 243 g/mol. The largest absolute Gasteiger partial charge is 0.480 e. The summed E-state index contributed by atoms with van der Waals surface area (Å²) in [6.45, 7) is 5.30. The van der Waals surface area contributed by atoms with E-state index < -0.39 is 23.5 Å². The number of carbonyl (C=O) groups excluding carboxylic acids is 1. The summed E-state index contributed by atoms with van der Waals surface area (Å²) in [4.78, 5) is 22.6. The van der Waals surface area contributed by atoms with Crippen LogP contribution in [0, 0.1) is 5.41 Å². The molecule has 98 valence electrons. The van der Waals surface area contributed by atoms with E-state index >= 15 is 0 Å². The Balaban J connectivity index is 2.49. The van der Waals surface area contributed by atoms with E-state index in [4.69, 9.17) is 9.84 Å². The van der Waals surface area contributed by atoms with Crippen molar-refractivity contribution in [2.75, 3.05) is 0 Å². The van der Waals surface area contributed by atoms with E-state index in [2.05, 4.69) is 5.32 Å². The van der Waals surface area contributed by atoms with E-state index in [-0.39, 0.29) is 6.10 Å². The first kappa shape index (κ1) is 13.8. The van der Waals surface area contributed by atoms with Gasteiger partial charge in [0, 0.05) is 0 Å². The van der Waals surface area contributed by atoms with Crippen LogP contribution in [-0.4, -0.2) is 29.3 Å². The van der Waals surface area contributed by atoms with Gasteiger partial charge in [-0.25, -0.2) is 9.59 Å². The molecule has 0 saturated heterocycles. The Labute approximate surface area is 102 Å². The Bertz CT molecular complexity index is 289. The number of amides is 1. The van der Waals surface area contributed by atoms with Crippen molar-refractivity contribution < 1.29 is 19.4 Å². The average Bonchev–Trinajstić information content (AvgIpc) is 2.64. The minimum Gasteiger partial charge on any atom is -0.480 e. The second-order valence-electron chi connectivity index (χ2n) is 5.59. The summed E-state index contributed by atoms with van der Waals surface area (Å²) < 4.78 is 5.17. The summed E-state index contributed by atoms with van der Waals surface area (Å²) in [7, 11) is 0. The molecule has 1 aliphatic carbocycles. The molecule has 0 radical (unpaired) electrons. The van der Waals surface area contributed by atoms with Gasteiger partial charge >= 0.3 is 12.1 Å². The Hall–Kier alpha value is -1.26. The summed E-state index contributed by atoms with van der Waals surface area (Å²) in [5, 5.41) is 11.5. The highest BCUT2D eigenvalue weighted by Gasteiger charge is 2.33. The third-order valence-electron chi connectivity index (χ3n) is 2.95. The standard InChI is InChI=1S/C12H21NO4/c1-12(2,3)9(10(14)15)13-11(16)17-8-6-4-5-7-8/h8-9H,4-7H2,1-3H3,(H,13,16)(H,14,15). The van der Waals surface area contributed by atoms with Crippen LogP contribution in [0.5, 0.6) is 0 Å². The van der Waals surface area contributed by atoms with Gasteiger partial charge in [-0.3, -0.25) is 0 Å². The molecule has 1 saturated carbocycles. The van der Waals surface area contributed by atoms with Crippen molar-refractivity contribution in [2.45, 2.75) is 58.6 Å². The van der Waals surface area contributed by atoms with E-state index in [0.717, 1.165) is 25.7 Å². The fourth-order valence-electron chi connectivity index (χ4n) is 1.96. The van der Waals surface area contributed by atoms with E-state index in [0.29, 0.717) is 0 Å². The highest BCUT2D eigenvalue weighted by Crippen LogP contribution is 2.22. The van der Waals surface area contributed by atoms with Crippen molar-refractivity contribution in [3.05, 3.63) is 0 Å². The lowest BCUT2D eigenvalue weighted by Gasteiger charge is -2.27. The number of ether oxygens (including phenoxy) is 1. The quantitative estimate of drug-likeness (QED) is 0.796. The van der Waals surface area contributed by atoms with Gasteiger partial charge in [0.2, 0.25) is 0 Å². The van der Waals surface area contributed by atoms with E-state index in [1.54, 1.807) is 20.8 Å². The third kappa shape index (κ3) is 4.24. The van der Waals surface area contributed by atoms with Gasteiger partial charge in [-0.2, -0.15) is 0 Å². The van der Waals surface area contributed by atoms with Gasteiger partial charge in [0.05, 0.1) is 0 Å². The molecule has 0 aromatic heterocycles. The number of hydrogen-bond donors (Lipinski definition) is 2. The maximum absolute atomic E-state index is 11.6. The molecule has 0 bridgehead atoms. The van der Waals surface area contributed by atoms with Gasteiger partial charge < -0.3 is 15.2 Å². The minimum absolute atomic E-state index is 0.0515. The summed E-state index contributed by atoms with van der Waals surface area (Å²) in [6, 6.07) is -0.934. The highest BCUT2D eigenvalue weighted by atomic mass is 16.6. The number of carbonyl (C=O) groups is 2. The lowest BCUT2D eigenvalue weighted by molar-refractivity contribution is -0.142. The molecular weight excluding hydrogens is 222 g/mol. The first-order valence-electron chi connectivity index (χ1n) is 6.00. The van der Waals surface area contributed by atoms with Gasteiger partial charge in [0.25, 0.3) is 0 Å². The lowest BCUT2D eigenvalue weighted by atomic mass is 9.87. The summed E-state index contributed by atoms with van der Waals surface area (Å²) in [6.07, 6.45) is 3.21. The Morgan fingerprint density at radius 2 is 1.82 bits per heavy atom. The number of carboxylic acids is 1. The molecule has 1 unspecified atom stereocenters. The van der Waals surface area contributed by atoms with Crippen LogP contribution in [0.2, 0.25) is 0 Å². The number of rotatable bonds is 3. The third-order valence-corrected chi connectivity index (χ3v) is 2.95. The van der Waals surface area contributed by atoms with Crippen LogP contribution in [0.3, 0.4) is 0 Å². The number of nitrogens with one attached hydrogen (secondary N) is 1. The molecule has 17 heavy (non-hydrogen) atoms. The molecule has 5 nitrogen and oxygen atoms in total. The van der Waals surface area contributed by atoms with Gasteiger partial charge in [0.15, 0.2) is 0 Å². The fourth-order valence-corrected chi connectivity index (χ4v) is 1.96. The smallest absolute Gasteiger partial charge is 0.408 e. The first-order valence-corrected chi connectivity index (χ1v) is 6.00. The molecule has 1 atom stereocenters. The van der Waals surface area contributed by atoms with Crippen LogP contribution in [0.1, 0.15) is 46.5 Å². The fraction of sp³-hybridized carbons (Fsp3) is 0.833. The van der Waals surface area contributed by atoms with Crippen LogP contribution in [0.4, 0.5) is 4.79 Å². The van der Waals surface area contributed by atoms with Crippen molar-refractivity contribution in [3.63, 3.8) is 0 Å². The van der Waals surface area contributed by atoms with Crippen molar-refractivity contribution in [1.29, 1.82) is 0 Å². The predicted molar refractivity (Wildman–Crippen MR) is 62.8 cm³/mol. The van der Waals surface area contributed by atoms with E-state index in [1.807, 2.05) is 0 Å². The van der Waals surface area contributed by atoms with Crippen LogP contribution >= 0.6 is 0 Å². The van der Waals surface area contributed by atoms with Crippen LogP contribution in [-0.2, 0) is 9.53 Å². The second kappa shape index (κ2) is 5.38. The molecule has 0 aromatic rings. The maximum Gasteiger partial charge on any atom is 0.408 e. The molecule has 1 rings (SSSR count). The molecule has 1 amide bonds. The Morgan fingerprint density at radius 3 is 2.24 bits per heavy atom. The van der Waals surface area contributed by atoms with Gasteiger partial charge in [-0.15, -0.1) is 0 Å². The molecule has 1 aliphatic rings. The molecule has 1 fully saturated rings. The van der Waals surface area contributed by atoms with Gasteiger partial charge in [-0.05, 0) is 31.1 Å². The molecule has 0 aromatic carbocycles. The summed E-state index contributed by atoms with van der Waals surface area (Å²) >= 11 is 0. The van der Waals surface area contributed by atoms with Crippen molar-refractivity contribution in [3.8, 4) is 0 Å². The monoisotopic (exact) mass is 243 g/mol. The summed E-state index contributed by atoms with van der Waals surface area (Å²) in [5.41, 5.74) is -0.541. The lowest BCUT2D eigenvalue weighted by Crippen LogP contribution is -2.49. The molecule has 0 spiro atoms. The normalized spacial score (nSPS) is 18.8. The SMILES string of the molecule is CC(C)(C)C(NC(=O)OC1CCCC1)C(=O)O. The van der Waals surface area contributed by atoms with Crippen molar-refractivity contribution in [1.82, 2.24) is 5.32 Å². The van der Waals surface area contributed by atoms with Crippen molar-refractivity contribution in [2.24, 2.45) is 5.41 Å². The van der Waals surface area contributed by atoms with Crippen molar-refractivity contribution >= 4 is 12.1 Å². The number of alkyl carbamates (subject to hydrolysis) is 1. The zero-order valence-electron chi connectivity index (χ0n) is 10.7. The maximum atomic E-state index is 11.6. The first-order chi connectivity index (χ1) is 7.80. The van der Waals surface area contributed by atoms with Crippen LogP contribution in [0.15, 0.2) is 0 Å². The topological polar surface area (TPSA) is 75.6 Å². The van der Waals surface area contributed by atoms with Crippen LogP contribution < -0.4 is 5.32 Å². The van der Waals surface area contributed by atoms with E-state index in [1.165, 1.54) is 0 Å². The highest BCUT2D eigenvalue weighted by molar-refractivity contribution is 5.80. The predicted octanol–water partition coefficient (Wildman–Crippen LogP) is 2.15. The van der Waals surface area contributed by atoms with Crippen LogP contribution in [0.25, 0.3) is 0 Å². The number of hydrogen-bond acceptors (Lipinski definition) is 3. The second-order valence-corrected chi connectivity index (χ2v) is 5.59. The van der Waals surface area contributed by atoms with Gasteiger partial charge in [-0.1, -0.05) is 20.8 Å². The molecular formula is C12H21NO4. The molecule has 0 heterocycles.